The van der Waals surface area contributed by atoms with Crippen LogP contribution in [-0.4, -0.2) is 9.55 Å². The van der Waals surface area contributed by atoms with Crippen LogP contribution in [0.15, 0.2) is 54.9 Å². The number of halogens is 2. The molecule has 0 amide bonds. The van der Waals surface area contributed by atoms with Crippen LogP contribution < -0.4 is 5.73 Å². The maximum atomic E-state index is 13.7. The fourth-order valence-electron chi connectivity index (χ4n) is 2.18. The molecular formula is C16H13F2N3. The van der Waals surface area contributed by atoms with E-state index in [9.17, 15) is 8.78 Å². The van der Waals surface area contributed by atoms with Gasteiger partial charge in [-0.05, 0) is 42.5 Å². The molecule has 2 N–H and O–H groups in total. The van der Waals surface area contributed by atoms with Crippen molar-refractivity contribution in [1.29, 1.82) is 0 Å². The van der Waals surface area contributed by atoms with E-state index in [0.29, 0.717) is 11.5 Å². The Balaban J connectivity index is 1.96. The van der Waals surface area contributed by atoms with Gasteiger partial charge in [0.15, 0.2) is 0 Å². The molecule has 0 atom stereocenters. The molecule has 0 aliphatic rings. The Morgan fingerprint density at radius 1 is 1.05 bits per heavy atom. The first-order chi connectivity index (χ1) is 10.1. The van der Waals surface area contributed by atoms with Gasteiger partial charge in [0, 0.05) is 29.2 Å². The minimum atomic E-state index is -0.458. The minimum Gasteiger partial charge on any atom is -0.399 e. The van der Waals surface area contributed by atoms with Crippen molar-refractivity contribution in [3.05, 3.63) is 72.1 Å². The van der Waals surface area contributed by atoms with E-state index in [0.717, 1.165) is 17.7 Å². The highest BCUT2D eigenvalue weighted by Gasteiger charge is 2.09. The van der Waals surface area contributed by atoms with Gasteiger partial charge in [-0.25, -0.2) is 13.8 Å². The van der Waals surface area contributed by atoms with E-state index in [1.807, 2.05) is 12.1 Å². The number of rotatable bonds is 3. The summed E-state index contributed by atoms with van der Waals surface area (Å²) in [5.74, 6) is -0.215. The lowest BCUT2D eigenvalue weighted by Crippen LogP contribution is -2.03. The lowest BCUT2D eigenvalue weighted by molar-refractivity contribution is 0.577. The molecule has 0 saturated heterocycles. The third kappa shape index (κ3) is 2.76. The van der Waals surface area contributed by atoms with Gasteiger partial charge in [-0.1, -0.05) is 0 Å². The summed E-state index contributed by atoms with van der Waals surface area (Å²) in [6, 6.07) is 10.7. The number of nitrogen functional groups attached to an aromatic ring is 1. The molecule has 3 nitrogen and oxygen atoms in total. The van der Waals surface area contributed by atoms with E-state index >= 15 is 0 Å². The minimum absolute atomic E-state index is 0.212. The molecule has 0 aliphatic carbocycles. The third-order valence-corrected chi connectivity index (χ3v) is 3.23. The zero-order chi connectivity index (χ0) is 14.8. The second-order valence-electron chi connectivity index (χ2n) is 4.74. The molecule has 106 valence electrons. The lowest BCUT2D eigenvalue weighted by Gasteiger charge is -2.09. The van der Waals surface area contributed by atoms with Gasteiger partial charge in [0.2, 0.25) is 0 Å². The zero-order valence-corrected chi connectivity index (χ0v) is 11.1. The van der Waals surface area contributed by atoms with Crippen LogP contribution in [0.2, 0.25) is 0 Å². The number of aromatic nitrogens is 2. The standard InChI is InChI=1S/C16H13F2N3/c17-13-3-6-15(18)12(9-13)10-21-8-7-20-16(21)11-1-4-14(19)5-2-11/h1-9H,10,19H2. The molecular weight excluding hydrogens is 272 g/mol. The topological polar surface area (TPSA) is 43.8 Å². The van der Waals surface area contributed by atoms with Crippen molar-refractivity contribution in [2.24, 2.45) is 0 Å². The zero-order valence-electron chi connectivity index (χ0n) is 11.1. The van der Waals surface area contributed by atoms with Gasteiger partial charge < -0.3 is 10.3 Å². The summed E-state index contributed by atoms with van der Waals surface area (Å²) in [6.45, 7) is 0.212. The van der Waals surface area contributed by atoms with Crippen molar-refractivity contribution in [1.82, 2.24) is 9.55 Å². The number of nitrogens with two attached hydrogens (primary N) is 1. The molecule has 5 heteroatoms. The molecule has 3 aromatic rings. The van der Waals surface area contributed by atoms with Crippen LogP contribution in [0.5, 0.6) is 0 Å². The number of hydrogen-bond donors (Lipinski definition) is 1. The van der Waals surface area contributed by atoms with E-state index < -0.39 is 11.6 Å². The first kappa shape index (κ1) is 13.3. The van der Waals surface area contributed by atoms with Gasteiger partial charge in [0.1, 0.15) is 17.5 Å². The van der Waals surface area contributed by atoms with E-state index in [1.165, 1.54) is 6.07 Å². The molecule has 0 unspecified atom stereocenters. The molecule has 2 aromatic carbocycles. The Hall–Kier alpha value is -2.69. The first-order valence-corrected chi connectivity index (χ1v) is 6.44. The van der Waals surface area contributed by atoms with Crippen LogP contribution in [0.25, 0.3) is 11.4 Å². The molecule has 0 spiro atoms. The van der Waals surface area contributed by atoms with E-state index in [4.69, 9.17) is 5.73 Å². The van der Waals surface area contributed by atoms with Gasteiger partial charge in [-0.15, -0.1) is 0 Å². The highest BCUT2D eigenvalue weighted by molar-refractivity contribution is 5.59. The smallest absolute Gasteiger partial charge is 0.140 e. The molecule has 0 aliphatic heterocycles. The van der Waals surface area contributed by atoms with Crippen molar-refractivity contribution >= 4 is 5.69 Å². The van der Waals surface area contributed by atoms with Crippen molar-refractivity contribution in [3.8, 4) is 11.4 Å². The van der Waals surface area contributed by atoms with Crippen LogP contribution in [0.4, 0.5) is 14.5 Å². The van der Waals surface area contributed by atoms with Gasteiger partial charge in [0.25, 0.3) is 0 Å². The number of imidazole rings is 1. The van der Waals surface area contributed by atoms with Crippen LogP contribution in [-0.2, 0) is 6.54 Å². The summed E-state index contributed by atoms with van der Waals surface area (Å²) in [7, 11) is 0. The molecule has 0 fully saturated rings. The Kier molecular flexibility index (Phi) is 3.39. The van der Waals surface area contributed by atoms with Crippen LogP contribution in [0, 0.1) is 11.6 Å². The molecule has 0 radical (unpaired) electrons. The molecule has 1 aromatic heterocycles. The first-order valence-electron chi connectivity index (χ1n) is 6.44. The quantitative estimate of drug-likeness (QED) is 0.749. The van der Waals surface area contributed by atoms with E-state index in [2.05, 4.69) is 4.98 Å². The fraction of sp³-hybridized carbons (Fsp3) is 0.0625. The summed E-state index contributed by atoms with van der Waals surface area (Å²) >= 11 is 0. The molecule has 1 heterocycles. The predicted molar refractivity (Wildman–Crippen MR) is 77.5 cm³/mol. The van der Waals surface area contributed by atoms with E-state index in [1.54, 1.807) is 29.1 Å². The Labute approximate surface area is 120 Å². The maximum Gasteiger partial charge on any atom is 0.140 e. The second-order valence-corrected chi connectivity index (χ2v) is 4.74. The Morgan fingerprint density at radius 2 is 1.81 bits per heavy atom. The highest BCUT2D eigenvalue weighted by Crippen LogP contribution is 2.21. The van der Waals surface area contributed by atoms with E-state index in [-0.39, 0.29) is 12.1 Å². The van der Waals surface area contributed by atoms with Gasteiger partial charge in [-0.2, -0.15) is 0 Å². The molecule has 21 heavy (non-hydrogen) atoms. The summed E-state index contributed by atoms with van der Waals surface area (Å²) < 4.78 is 28.7. The van der Waals surface area contributed by atoms with Gasteiger partial charge in [-0.3, -0.25) is 0 Å². The number of nitrogens with zero attached hydrogens (tertiary/aromatic N) is 2. The van der Waals surface area contributed by atoms with Gasteiger partial charge >= 0.3 is 0 Å². The molecule has 0 saturated carbocycles. The third-order valence-electron chi connectivity index (χ3n) is 3.23. The summed E-state index contributed by atoms with van der Waals surface area (Å²) in [4.78, 5) is 4.27. The number of hydrogen-bond acceptors (Lipinski definition) is 2. The van der Waals surface area contributed by atoms with Crippen LogP contribution >= 0.6 is 0 Å². The average Bonchev–Trinajstić information content (AvgIpc) is 2.92. The van der Waals surface area contributed by atoms with Crippen molar-refractivity contribution in [3.63, 3.8) is 0 Å². The second kappa shape index (κ2) is 5.36. The predicted octanol–water partition coefficient (Wildman–Crippen LogP) is 3.46. The monoisotopic (exact) mass is 285 g/mol. The highest BCUT2D eigenvalue weighted by atomic mass is 19.1. The summed E-state index contributed by atoms with van der Waals surface area (Å²) in [5, 5.41) is 0. The Morgan fingerprint density at radius 3 is 2.57 bits per heavy atom. The number of anilines is 1. The summed E-state index contributed by atoms with van der Waals surface area (Å²) in [6.07, 6.45) is 3.36. The Bertz CT molecular complexity index is 763. The van der Waals surface area contributed by atoms with Gasteiger partial charge in [0.05, 0.1) is 6.54 Å². The number of benzene rings is 2. The van der Waals surface area contributed by atoms with Crippen molar-refractivity contribution < 1.29 is 8.78 Å². The maximum absolute atomic E-state index is 13.7. The molecule has 3 rings (SSSR count). The fourth-order valence-corrected chi connectivity index (χ4v) is 2.18. The van der Waals surface area contributed by atoms with Crippen molar-refractivity contribution in [2.45, 2.75) is 6.54 Å². The normalized spacial score (nSPS) is 10.8. The largest absolute Gasteiger partial charge is 0.399 e. The average molecular weight is 285 g/mol. The van der Waals surface area contributed by atoms with Crippen LogP contribution in [0.1, 0.15) is 5.56 Å². The van der Waals surface area contributed by atoms with Crippen molar-refractivity contribution in [2.75, 3.05) is 5.73 Å². The SMILES string of the molecule is Nc1ccc(-c2nccn2Cc2cc(F)ccc2F)cc1. The van der Waals surface area contributed by atoms with Crippen LogP contribution in [0.3, 0.4) is 0 Å². The molecule has 0 bridgehead atoms. The lowest BCUT2D eigenvalue weighted by atomic mass is 10.1. The summed E-state index contributed by atoms with van der Waals surface area (Å²) in [5.41, 5.74) is 7.47.